The van der Waals surface area contributed by atoms with Gasteiger partial charge in [-0.3, -0.25) is 4.79 Å². The molecule has 3 heteroatoms. The molecular weight excluding hydrogens is 248 g/mol. The number of aryl methyl sites for hydroxylation is 1. The molecule has 0 radical (unpaired) electrons. The first-order chi connectivity index (χ1) is 9.37. The zero-order chi connectivity index (χ0) is 14.8. The summed E-state index contributed by atoms with van der Waals surface area (Å²) in [6, 6.07) is 6.31. The fraction of sp³-hybridized carbons (Fsp3) is 0.588. The molecule has 1 saturated carbocycles. The fourth-order valence-corrected chi connectivity index (χ4v) is 3.17. The SMILES string of the molecule is Cc1cc(C(N)=O)ccc1CNC1CCCC(C)(C)C1. The van der Waals surface area contributed by atoms with Gasteiger partial charge in [-0.2, -0.15) is 0 Å². The van der Waals surface area contributed by atoms with E-state index in [1.807, 2.05) is 25.1 Å². The largest absolute Gasteiger partial charge is 0.366 e. The van der Waals surface area contributed by atoms with Crippen LogP contribution in [0.4, 0.5) is 0 Å². The topological polar surface area (TPSA) is 55.1 Å². The first kappa shape index (κ1) is 15.0. The highest BCUT2D eigenvalue weighted by Gasteiger charge is 2.27. The third kappa shape index (κ3) is 3.83. The molecule has 0 spiro atoms. The summed E-state index contributed by atoms with van der Waals surface area (Å²) in [6.45, 7) is 7.61. The molecule has 1 unspecified atom stereocenters. The van der Waals surface area contributed by atoms with E-state index in [9.17, 15) is 4.79 Å². The van der Waals surface area contributed by atoms with Crippen LogP contribution in [0.2, 0.25) is 0 Å². The third-order valence-corrected chi connectivity index (χ3v) is 4.41. The fourth-order valence-electron chi connectivity index (χ4n) is 3.17. The van der Waals surface area contributed by atoms with Gasteiger partial charge in [0.25, 0.3) is 0 Å². The summed E-state index contributed by atoms with van der Waals surface area (Å²) >= 11 is 0. The van der Waals surface area contributed by atoms with Crippen LogP contribution in [0.5, 0.6) is 0 Å². The predicted octanol–water partition coefficient (Wildman–Crippen LogP) is 3.15. The van der Waals surface area contributed by atoms with Crippen LogP contribution in [0.25, 0.3) is 0 Å². The molecule has 1 aromatic carbocycles. The van der Waals surface area contributed by atoms with Gasteiger partial charge in [0.1, 0.15) is 0 Å². The number of nitrogens with two attached hydrogens (primary N) is 1. The molecule has 0 heterocycles. The second kappa shape index (κ2) is 5.96. The van der Waals surface area contributed by atoms with Crippen molar-refractivity contribution in [2.45, 2.75) is 59.0 Å². The highest BCUT2D eigenvalue weighted by atomic mass is 16.1. The van der Waals surface area contributed by atoms with Crippen molar-refractivity contribution in [2.75, 3.05) is 0 Å². The van der Waals surface area contributed by atoms with Crippen LogP contribution < -0.4 is 11.1 Å². The van der Waals surface area contributed by atoms with Gasteiger partial charge < -0.3 is 11.1 Å². The molecule has 1 atom stereocenters. The van der Waals surface area contributed by atoms with E-state index < -0.39 is 0 Å². The molecule has 110 valence electrons. The molecule has 0 aromatic heterocycles. The first-order valence-electron chi connectivity index (χ1n) is 7.50. The lowest BCUT2D eigenvalue weighted by Gasteiger charge is -2.35. The highest BCUT2D eigenvalue weighted by molar-refractivity contribution is 5.93. The number of primary amides is 1. The van der Waals surface area contributed by atoms with Gasteiger partial charge in [-0.05, 0) is 54.9 Å². The quantitative estimate of drug-likeness (QED) is 0.886. The lowest BCUT2D eigenvalue weighted by atomic mass is 9.75. The number of amides is 1. The number of carbonyl (C=O) groups excluding carboxylic acids is 1. The van der Waals surface area contributed by atoms with Crippen molar-refractivity contribution in [1.29, 1.82) is 0 Å². The molecule has 3 N–H and O–H groups in total. The van der Waals surface area contributed by atoms with E-state index in [-0.39, 0.29) is 5.91 Å². The average Bonchev–Trinajstić information content (AvgIpc) is 2.36. The third-order valence-electron chi connectivity index (χ3n) is 4.41. The average molecular weight is 274 g/mol. The van der Waals surface area contributed by atoms with E-state index in [1.54, 1.807) is 0 Å². The van der Waals surface area contributed by atoms with Gasteiger partial charge in [0, 0.05) is 18.2 Å². The second-order valence-electron chi connectivity index (χ2n) is 6.84. The molecular formula is C17H26N2O. The summed E-state index contributed by atoms with van der Waals surface area (Å²) in [7, 11) is 0. The monoisotopic (exact) mass is 274 g/mol. The van der Waals surface area contributed by atoms with Crippen LogP contribution in [0.3, 0.4) is 0 Å². The van der Waals surface area contributed by atoms with Gasteiger partial charge in [0.2, 0.25) is 5.91 Å². The van der Waals surface area contributed by atoms with E-state index in [1.165, 1.54) is 31.2 Å². The maximum absolute atomic E-state index is 11.1. The van der Waals surface area contributed by atoms with Crippen LogP contribution in [-0.2, 0) is 6.54 Å². The van der Waals surface area contributed by atoms with Crippen molar-refractivity contribution < 1.29 is 4.79 Å². The molecule has 1 aliphatic rings. The van der Waals surface area contributed by atoms with E-state index >= 15 is 0 Å². The Bertz CT molecular complexity index is 494. The van der Waals surface area contributed by atoms with Crippen LogP contribution in [0.1, 0.15) is 61.0 Å². The van der Waals surface area contributed by atoms with Crippen LogP contribution >= 0.6 is 0 Å². The lowest BCUT2D eigenvalue weighted by Crippen LogP contribution is -2.37. The van der Waals surface area contributed by atoms with E-state index in [0.29, 0.717) is 17.0 Å². The Hall–Kier alpha value is -1.35. The summed E-state index contributed by atoms with van der Waals surface area (Å²) in [6.07, 6.45) is 5.15. The van der Waals surface area contributed by atoms with E-state index in [2.05, 4.69) is 19.2 Å². The Morgan fingerprint density at radius 3 is 2.80 bits per heavy atom. The maximum Gasteiger partial charge on any atom is 0.248 e. The van der Waals surface area contributed by atoms with E-state index in [4.69, 9.17) is 5.73 Å². The van der Waals surface area contributed by atoms with Crippen molar-refractivity contribution in [3.8, 4) is 0 Å². The standard InChI is InChI=1S/C17H26N2O/c1-12-9-13(16(18)20)6-7-14(12)11-19-15-5-4-8-17(2,3)10-15/h6-7,9,15,19H,4-5,8,10-11H2,1-3H3,(H2,18,20). The summed E-state index contributed by atoms with van der Waals surface area (Å²) in [5.74, 6) is -0.360. The number of rotatable bonds is 4. The summed E-state index contributed by atoms with van der Waals surface area (Å²) in [5, 5.41) is 3.67. The van der Waals surface area contributed by atoms with Gasteiger partial charge in [0.15, 0.2) is 0 Å². The zero-order valence-electron chi connectivity index (χ0n) is 12.8. The van der Waals surface area contributed by atoms with Gasteiger partial charge in [-0.15, -0.1) is 0 Å². The van der Waals surface area contributed by atoms with Crippen LogP contribution in [0.15, 0.2) is 18.2 Å². The Morgan fingerprint density at radius 2 is 2.20 bits per heavy atom. The van der Waals surface area contributed by atoms with Crippen molar-refractivity contribution >= 4 is 5.91 Å². The predicted molar refractivity (Wildman–Crippen MR) is 82.6 cm³/mol. The first-order valence-corrected chi connectivity index (χ1v) is 7.50. The lowest BCUT2D eigenvalue weighted by molar-refractivity contribution is 0.1000. The highest BCUT2D eigenvalue weighted by Crippen LogP contribution is 2.35. The molecule has 20 heavy (non-hydrogen) atoms. The van der Waals surface area contributed by atoms with Crippen molar-refractivity contribution in [1.82, 2.24) is 5.32 Å². The Labute approximate surface area is 121 Å². The van der Waals surface area contributed by atoms with Crippen LogP contribution in [-0.4, -0.2) is 11.9 Å². The normalized spacial score (nSPS) is 21.6. The van der Waals surface area contributed by atoms with Gasteiger partial charge in [0.05, 0.1) is 0 Å². The Morgan fingerprint density at radius 1 is 1.45 bits per heavy atom. The maximum atomic E-state index is 11.1. The molecule has 3 nitrogen and oxygen atoms in total. The van der Waals surface area contributed by atoms with Gasteiger partial charge in [-0.25, -0.2) is 0 Å². The Kier molecular flexibility index (Phi) is 4.48. The molecule has 1 aliphatic carbocycles. The number of nitrogens with one attached hydrogen (secondary N) is 1. The summed E-state index contributed by atoms with van der Waals surface area (Å²) in [4.78, 5) is 11.1. The molecule has 1 aromatic rings. The van der Waals surface area contributed by atoms with Gasteiger partial charge in [-0.1, -0.05) is 26.3 Å². The van der Waals surface area contributed by atoms with E-state index in [0.717, 1.165) is 12.1 Å². The van der Waals surface area contributed by atoms with Crippen LogP contribution in [0, 0.1) is 12.3 Å². The van der Waals surface area contributed by atoms with Gasteiger partial charge >= 0.3 is 0 Å². The summed E-state index contributed by atoms with van der Waals surface area (Å²) < 4.78 is 0. The molecule has 2 rings (SSSR count). The number of hydrogen-bond acceptors (Lipinski definition) is 2. The minimum absolute atomic E-state index is 0.360. The number of benzene rings is 1. The summed E-state index contributed by atoms with van der Waals surface area (Å²) in [5.41, 5.74) is 8.72. The molecule has 1 fully saturated rings. The molecule has 0 bridgehead atoms. The van der Waals surface area contributed by atoms with Crippen molar-refractivity contribution in [3.05, 3.63) is 34.9 Å². The second-order valence-corrected chi connectivity index (χ2v) is 6.84. The molecule has 0 saturated heterocycles. The number of carbonyl (C=O) groups is 1. The zero-order valence-corrected chi connectivity index (χ0v) is 12.8. The van der Waals surface area contributed by atoms with Crippen molar-refractivity contribution in [3.63, 3.8) is 0 Å². The minimum Gasteiger partial charge on any atom is -0.366 e. The smallest absolute Gasteiger partial charge is 0.248 e. The molecule has 0 aliphatic heterocycles. The number of hydrogen-bond donors (Lipinski definition) is 2. The minimum atomic E-state index is -0.360. The Balaban J connectivity index is 1.95. The van der Waals surface area contributed by atoms with Crippen molar-refractivity contribution in [2.24, 2.45) is 11.1 Å². The molecule has 1 amide bonds.